The fourth-order valence-corrected chi connectivity index (χ4v) is 5.11. The number of likely N-dealkylation sites (tertiary alicyclic amines) is 1. The van der Waals surface area contributed by atoms with E-state index in [0.29, 0.717) is 37.1 Å². The number of fused-ring (bicyclic) bond motifs is 1. The first-order chi connectivity index (χ1) is 14.5. The first-order valence-corrected chi connectivity index (χ1v) is 11.4. The van der Waals surface area contributed by atoms with Gasteiger partial charge in [-0.2, -0.15) is 0 Å². The van der Waals surface area contributed by atoms with E-state index >= 15 is 0 Å². The van der Waals surface area contributed by atoms with E-state index in [2.05, 4.69) is 4.98 Å². The number of aromatic nitrogens is 2. The van der Waals surface area contributed by atoms with Crippen molar-refractivity contribution in [1.82, 2.24) is 14.5 Å². The number of aryl methyl sites for hydroxylation is 2. The first kappa shape index (κ1) is 20.8. The van der Waals surface area contributed by atoms with Gasteiger partial charge in [-0.25, -0.2) is 4.98 Å². The van der Waals surface area contributed by atoms with Gasteiger partial charge in [0.15, 0.2) is 0 Å². The average Bonchev–Trinajstić information content (AvgIpc) is 3.19. The second-order valence-electron chi connectivity index (χ2n) is 8.06. The van der Waals surface area contributed by atoms with Crippen molar-refractivity contribution in [3.63, 3.8) is 0 Å². The van der Waals surface area contributed by atoms with Crippen molar-refractivity contribution in [3.05, 3.63) is 63.5 Å². The van der Waals surface area contributed by atoms with E-state index in [9.17, 15) is 14.7 Å². The molecule has 6 nitrogen and oxygen atoms in total. The average molecular weight is 426 g/mol. The zero-order chi connectivity index (χ0) is 21.1. The van der Waals surface area contributed by atoms with Crippen LogP contribution >= 0.6 is 11.3 Å². The van der Waals surface area contributed by atoms with Gasteiger partial charge in [-0.05, 0) is 42.2 Å². The summed E-state index contributed by atoms with van der Waals surface area (Å²) in [6.45, 7) is 3.27. The highest BCUT2D eigenvalue weighted by Crippen LogP contribution is 2.26. The summed E-state index contributed by atoms with van der Waals surface area (Å²) in [5, 5.41) is 13.0. The van der Waals surface area contributed by atoms with Crippen LogP contribution in [-0.2, 0) is 24.2 Å². The molecule has 0 aliphatic carbocycles. The molecule has 3 heterocycles. The summed E-state index contributed by atoms with van der Waals surface area (Å²) >= 11 is 1.42. The van der Waals surface area contributed by atoms with Crippen LogP contribution < -0.4 is 5.56 Å². The molecular weight excluding hydrogens is 398 g/mol. The van der Waals surface area contributed by atoms with Crippen molar-refractivity contribution in [1.29, 1.82) is 0 Å². The van der Waals surface area contributed by atoms with Crippen LogP contribution in [0.1, 0.15) is 37.3 Å². The van der Waals surface area contributed by atoms with Gasteiger partial charge in [0.2, 0.25) is 5.91 Å². The molecule has 0 saturated carbocycles. The van der Waals surface area contributed by atoms with Crippen molar-refractivity contribution in [2.75, 3.05) is 13.1 Å². The Kier molecular flexibility index (Phi) is 6.01. The molecule has 30 heavy (non-hydrogen) atoms. The monoisotopic (exact) mass is 425 g/mol. The summed E-state index contributed by atoms with van der Waals surface area (Å²) in [5.41, 5.74) is 1.91. The minimum atomic E-state index is -1.000. The van der Waals surface area contributed by atoms with Crippen molar-refractivity contribution >= 4 is 27.5 Å². The summed E-state index contributed by atoms with van der Waals surface area (Å²) in [6.07, 6.45) is 4.50. The highest BCUT2D eigenvalue weighted by Gasteiger charge is 2.34. The molecule has 0 atom stereocenters. The zero-order valence-electron chi connectivity index (χ0n) is 17.2. The van der Waals surface area contributed by atoms with Gasteiger partial charge in [0.25, 0.3) is 5.56 Å². The summed E-state index contributed by atoms with van der Waals surface area (Å²) in [6, 6.07) is 9.99. The molecule has 1 amide bonds. The molecule has 0 unspecified atom stereocenters. The van der Waals surface area contributed by atoms with Crippen LogP contribution in [0.3, 0.4) is 0 Å². The number of aliphatic hydroxyl groups is 1. The van der Waals surface area contributed by atoms with E-state index in [-0.39, 0.29) is 18.0 Å². The van der Waals surface area contributed by atoms with Crippen LogP contribution in [0.4, 0.5) is 0 Å². The molecule has 4 rings (SSSR count). The van der Waals surface area contributed by atoms with Crippen LogP contribution in [0.15, 0.2) is 46.8 Å². The molecule has 1 N–H and O–H groups in total. The van der Waals surface area contributed by atoms with E-state index in [1.54, 1.807) is 6.33 Å². The number of carbonyl (C=O) groups excluding carboxylic acids is 1. The molecule has 158 valence electrons. The maximum absolute atomic E-state index is 12.8. The van der Waals surface area contributed by atoms with E-state index in [1.807, 2.05) is 47.5 Å². The van der Waals surface area contributed by atoms with E-state index in [0.717, 1.165) is 29.5 Å². The topological polar surface area (TPSA) is 75.4 Å². The number of hydrogen-bond acceptors (Lipinski definition) is 5. The standard InChI is InChI=1S/C23H27N3O3S/c1-2-18-14-30-21-20(18)24-16-26(22(21)28)15-23(29)10-12-25(13-11-23)19(27)9-8-17-6-4-3-5-7-17/h3-7,14,16,29H,2,8-13,15H2,1H3. The molecule has 1 aliphatic rings. The Labute approximate surface area is 179 Å². The smallest absolute Gasteiger partial charge is 0.271 e. The van der Waals surface area contributed by atoms with Gasteiger partial charge in [0, 0.05) is 19.5 Å². The van der Waals surface area contributed by atoms with E-state index in [4.69, 9.17) is 0 Å². The van der Waals surface area contributed by atoms with Crippen LogP contribution in [-0.4, -0.2) is 44.2 Å². The normalized spacial score (nSPS) is 16.1. The maximum Gasteiger partial charge on any atom is 0.271 e. The Balaban J connectivity index is 1.37. The third kappa shape index (κ3) is 4.32. The first-order valence-electron chi connectivity index (χ1n) is 10.5. The molecule has 0 bridgehead atoms. The van der Waals surface area contributed by atoms with Crippen molar-refractivity contribution in [2.24, 2.45) is 0 Å². The molecule has 7 heteroatoms. The van der Waals surface area contributed by atoms with Gasteiger partial charge in [0.1, 0.15) is 4.70 Å². The minimum Gasteiger partial charge on any atom is -0.388 e. The SMILES string of the molecule is CCc1csc2c(=O)n(CC3(O)CCN(C(=O)CCc4ccccc4)CC3)cnc12. The lowest BCUT2D eigenvalue weighted by Gasteiger charge is -2.38. The third-order valence-electron chi connectivity index (χ3n) is 5.98. The van der Waals surface area contributed by atoms with Crippen molar-refractivity contribution in [2.45, 2.75) is 51.2 Å². The van der Waals surface area contributed by atoms with Crippen LogP contribution in [0.2, 0.25) is 0 Å². The molecule has 1 saturated heterocycles. The number of carbonyl (C=O) groups is 1. The summed E-state index contributed by atoms with van der Waals surface area (Å²) in [7, 11) is 0. The molecule has 2 aromatic heterocycles. The van der Waals surface area contributed by atoms with Gasteiger partial charge in [0.05, 0.1) is 24.0 Å². The Morgan fingerprint density at radius 1 is 1.23 bits per heavy atom. The quantitative estimate of drug-likeness (QED) is 0.659. The Hall–Kier alpha value is -2.51. The van der Waals surface area contributed by atoms with Gasteiger partial charge >= 0.3 is 0 Å². The fraction of sp³-hybridized carbons (Fsp3) is 0.435. The van der Waals surface area contributed by atoms with Gasteiger partial charge in [-0.15, -0.1) is 11.3 Å². The molecule has 1 aromatic carbocycles. The molecular formula is C23H27N3O3S. The molecule has 3 aromatic rings. The maximum atomic E-state index is 12.8. The minimum absolute atomic E-state index is 0.0977. The Morgan fingerprint density at radius 3 is 2.67 bits per heavy atom. The summed E-state index contributed by atoms with van der Waals surface area (Å²) in [4.78, 5) is 31.7. The van der Waals surface area contributed by atoms with Crippen LogP contribution in [0.5, 0.6) is 0 Å². The lowest BCUT2D eigenvalue weighted by molar-refractivity contribution is -0.135. The van der Waals surface area contributed by atoms with E-state index in [1.165, 1.54) is 15.9 Å². The predicted molar refractivity (Wildman–Crippen MR) is 119 cm³/mol. The lowest BCUT2D eigenvalue weighted by atomic mass is 9.91. The number of piperidine rings is 1. The fourth-order valence-electron chi connectivity index (χ4n) is 4.06. The molecule has 1 aliphatic heterocycles. The van der Waals surface area contributed by atoms with Crippen LogP contribution in [0.25, 0.3) is 10.2 Å². The number of rotatable bonds is 6. The number of benzene rings is 1. The second-order valence-corrected chi connectivity index (χ2v) is 8.94. The largest absolute Gasteiger partial charge is 0.388 e. The number of hydrogen-bond donors (Lipinski definition) is 1. The van der Waals surface area contributed by atoms with Crippen molar-refractivity contribution < 1.29 is 9.90 Å². The predicted octanol–water partition coefficient (Wildman–Crippen LogP) is 3.01. The van der Waals surface area contributed by atoms with Gasteiger partial charge in [-0.3, -0.25) is 14.2 Å². The highest BCUT2D eigenvalue weighted by atomic mass is 32.1. The van der Waals surface area contributed by atoms with Crippen molar-refractivity contribution in [3.8, 4) is 0 Å². The Bertz CT molecular complexity index is 1080. The zero-order valence-corrected chi connectivity index (χ0v) is 18.0. The Morgan fingerprint density at radius 2 is 1.97 bits per heavy atom. The summed E-state index contributed by atoms with van der Waals surface area (Å²) < 4.78 is 2.16. The number of nitrogens with zero attached hydrogens (tertiary/aromatic N) is 3. The van der Waals surface area contributed by atoms with Gasteiger partial charge < -0.3 is 10.0 Å². The molecule has 0 radical (unpaired) electrons. The summed E-state index contributed by atoms with van der Waals surface area (Å²) in [5.74, 6) is 0.117. The lowest BCUT2D eigenvalue weighted by Crippen LogP contribution is -2.49. The number of thiophene rings is 1. The third-order valence-corrected chi connectivity index (χ3v) is 6.99. The van der Waals surface area contributed by atoms with Gasteiger partial charge in [-0.1, -0.05) is 37.3 Å². The molecule has 1 fully saturated rings. The van der Waals surface area contributed by atoms with Crippen LogP contribution in [0, 0.1) is 0 Å². The second kappa shape index (κ2) is 8.70. The van der Waals surface area contributed by atoms with E-state index < -0.39 is 5.60 Å². The highest BCUT2D eigenvalue weighted by molar-refractivity contribution is 7.17. The number of amides is 1. The molecule has 0 spiro atoms.